The summed E-state index contributed by atoms with van der Waals surface area (Å²) in [5, 5.41) is 3.11. The van der Waals surface area contributed by atoms with Crippen molar-refractivity contribution < 1.29 is 9.21 Å². The molecule has 1 saturated heterocycles. The second-order valence-electron chi connectivity index (χ2n) is 6.41. The monoisotopic (exact) mass is 347 g/mol. The molecule has 1 fully saturated rings. The Bertz CT molecular complexity index is 834. The molecule has 1 amide bonds. The highest BCUT2D eigenvalue weighted by Gasteiger charge is 2.32. The van der Waals surface area contributed by atoms with Crippen LogP contribution in [0.2, 0.25) is 0 Å². The fourth-order valence-electron chi connectivity index (χ4n) is 3.29. The Kier molecular flexibility index (Phi) is 4.82. The van der Waals surface area contributed by atoms with Gasteiger partial charge in [-0.2, -0.15) is 0 Å². The number of nitrogens with one attached hydrogen (secondary N) is 3. The summed E-state index contributed by atoms with van der Waals surface area (Å²) in [6.45, 7) is 0. The average molecular weight is 347 g/mol. The molecular formula is C21H21N3O2. The van der Waals surface area contributed by atoms with Crippen molar-refractivity contribution in [3.05, 3.63) is 95.9 Å². The Hall–Kier alpha value is -2.89. The lowest BCUT2D eigenvalue weighted by Crippen LogP contribution is -2.44. The molecule has 26 heavy (non-hydrogen) atoms. The zero-order valence-electron chi connectivity index (χ0n) is 14.3. The molecule has 5 heteroatoms. The highest BCUT2D eigenvalue weighted by atomic mass is 16.3. The van der Waals surface area contributed by atoms with Crippen LogP contribution >= 0.6 is 0 Å². The van der Waals surface area contributed by atoms with E-state index in [0.29, 0.717) is 6.42 Å². The van der Waals surface area contributed by atoms with Gasteiger partial charge in [0.25, 0.3) is 0 Å². The van der Waals surface area contributed by atoms with E-state index in [1.165, 1.54) is 5.56 Å². The van der Waals surface area contributed by atoms with E-state index >= 15 is 0 Å². The summed E-state index contributed by atoms with van der Waals surface area (Å²) in [7, 11) is 0. The van der Waals surface area contributed by atoms with Crippen molar-refractivity contribution in [1.29, 1.82) is 0 Å². The lowest BCUT2D eigenvalue weighted by Gasteiger charge is -2.19. The van der Waals surface area contributed by atoms with Gasteiger partial charge in [-0.05, 0) is 29.7 Å². The highest BCUT2D eigenvalue weighted by molar-refractivity contribution is 5.82. The van der Waals surface area contributed by atoms with Gasteiger partial charge in [0, 0.05) is 6.04 Å². The first-order valence-corrected chi connectivity index (χ1v) is 8.76. The van der Waals surface area contributed by atoms with E-state index in [9.17, 15) is 4.79 Å². The quantitative estimate of drug-likeness (QED) is 0.664. The molecule has 132 valence electrons. The van der Waals surface area contributed by atoms with Crippen LogP contribution in [0.5, 0.6) is 0 Å². The van der Waals surface area contributed by atoms with Crippen LogP contribution in [0.1, 0.15) is 35.4 Å². The van der Waals surface area contributed by atoms with Crippen LogP contribution in [0.3, 0.4) is 0 Å². The summed E-state index contributed by atoms with van der Waals surface area (Å²) in [6, 6.07) is 23.2. The molecule has 0 aliphatic carbocycles. The minimum absolute atomic E-state index is 0.0545. The van der Waals surface area contributed by atoms with Crippen LogP contribution < -0.4 is 16.2 Å². The standard InChI is InChI=1S/C21H21N3O2/c25-21(18-14-17(23-24-18)15-8-3-1-4-9-15)22-20(19-12-7-13-26-19)16-10-5-2-6-11-16/h1-13,17-18,20,23-24H,14H2,(H,22,25). The maximum Gasteiger partial charge on any atom is 0.239 e. The van der Waals surface area contributed by atoms with Gasteiger partial charge in [0.15, 0.2) is 0 Å². The number of amides is 1. The molecule has 2 heterocycles. The molecule has 3 N–H and O–H groups in total. The lowest BCUT2D eigenvalue weighted by molar-refractivity contribution is -0.123. The molecule has 4 rings (SSSR count). The van der Waals surface area contributed by atoms with Gasteiger partial charge in [0.1, 0.15) is 17.8 Å². The number of carbonyl (C=O) groups excluding carboxylic acids is 1. The number of hydrogen-bond donors (Lipinski definition) is 3. The van der Waals surface area contributed by atoms with Crippen molar-refractivity contribution in [2.24, 2.45) is 0 Å². The summed E-state index contributed by atoms with van der Waals surface area (Å²) in [4.78, 5) is 12.8. The van der Waals surface area contributed by atoms with Gasteiger partial charge < -0.3 is 9.73 Å². The van der Waals surface area contributed by atoms with Crippen LogP contribution in [0, 0.1) is 0 Å². The van der Waals surface area contributed by atoms with Crippen LogP contribution in [-0.2, 0) is 4.79 Å². The molecule has 2 aromatic carbocycles. The zero-order chi connectivity index (χ0) is 17.8. The molecular weight excluding hydrogens is 326 g/mol. The van der Waals surface area contributed by atoms with Crippen molar-refractivity contribution in [3.63, 3.8) is 0 Å². The summed E-state index contributed by atoms with van der Waals surface area (Å²) in [5.41, 5.74) is 8.49. The molecule has 1 aliphatic heterocycles. The van der Waals surface area contributed by atoms with Gasteiger partial charge in [-0.15, -0.1) is 0 Å². The Morgan fingerprint density at radius 1 is 0.962 bits per heavy atom. The fraction of sp³-hybridized carbons (Fsp3) is 0.190. The van der Waals surface area contributed by atoms with E-state index < -0.39 is 0 Å². The van der Waals surface area contributed by atoms with E-state index in [1.54, 1.807) is 6.26 Å². The predicted octanol–water partition coefficient (Wildman–Crippen LogP) is 3.09. The molecule has 3 unspecified atom stereocenters. The van der Waals surface area contributed by atoms with E-state index in [1.807, 2.05) is 60.7 Å². The maximum atomic E-state index is 12.8. The summed E-state index contributed by atoms with van der Waals surface area (Å²) < 4.78 is 5.55. The number of furan rings is 1. The fourth-order valence-corrected chi connectivity index (χ4v) is 3.29. The minimum Gasteiger partial charge on any atom is -0.467 e. The van der Waals surface area contributed by atoms with Crippen molar-refractivity contribution >= 4 is 5.91 Å². The van der Waals surface area contributed by atoms with Gasteiger partial charge in [0.05, 0.1) is 6.26 Å². The highest BCUT2D eigenvalue weighted by Crippen LogP contribution is 2.25. The molecule has 0 radical (unpaired) electrons. The normalized spacial score (nSPS) is 20.6. The van der Waals surface area contributed by atoms with Gasteiger partial charge in [-0.1, -0.05) is 60.7 Å². The Labute approximate surface area is 152 Å². The SMILES string of the molecule is O=C(NC(c1ccccc1)c1ccco1)C1CC(c2ccccc2)NN1. The molecule has 0 spiro atoms. The van der Waals surface area contributed by atoms with E-state index in [2.05, 4.69) is 28.3 Å². The second-order valence-corrected chi connectivity index (χ2v) is 6.41. The van der Waals surface area contributed by atoms with Crippen molar-refractivity contribution in [3.8, 4) is 0 Å². The van der Waals surface area contributed by atoms with Gasteiger partial charge >= 0.3 is 0 Å². The third-order valence-electron chi connectivity index (χ3n) is 4.67. The van der Waals surface area contributed by atoms with Gasteiger partial charge in [0.2, 0.25) is 5.91 Å². The summed E-state index contributed by atoms with van der Waals surface area (Å²) >= 11 is 0. The van der Waals surface area contributed by atoms with Crippen LogP contribution in [0.15, 0.2) is 83.5 Å². The Balaban J connectivity index is 1.47. The summed E-state index contributed by atoms with van der Waals surface area (Å²) in [6.07, 6.45) is 2.31. The molecule has 0 bridgehead atoms. The third kappa shape index (κ3) is 3.54. The van der Waals surface area contributed by atoms with Gasteiger partial charge in [-0.3, -0.25) is 4.79 Å². The topological polar surface area (TPSA) is 66.3 Å². The largest absolute Gasteiger partial charge is 0.467 e. The summed E-state index contributed by atoms with van der Waals surface area (Å²) in [5.74, 6) is 0.663. The lowest BCUT2D eigenvalue weighted by atomic mass is 10.0. The number of hydrazine groups is 1. The van der Waals surface area contributed by atoms with Crippen LogP contribution in [-0.4, -0.2) is 11.9 Å². The molecule has 1 aromatic heterocycles. The number of rotatable bonds is 5. The van der Waals surface area contributed by atoms with E-state index in [-0.39, 0.29) is 24.0 Å². The van der Waals surface area contributed by atoms with Gasteiger partial charge in [-0.25, -0.2) is 10.9 Å². The first kappa shape index (κ1) is 16.6. The number of hydrogen-bond acceptors (Lipinski definition) is 4. The minimum atomic E-state index is -0.309. The van der Waals surface area contributed by atoms with E-state index in [0.717, 1.165) is 11.3 Å². The smallest absolute Gasteiger partial charge is 0.239 e. The number of carbonyl (C=O) groups is 1. The van der Waals surface area contributed by atoms with Crippen molar-refractivity contribution in [2.45, 2.75) is 24.5 Å². The predicted molar refractivity (Wildman–Crippen MR) is 99.0 cm³/mol. The molecule has 1 aliphatic rings. The molecule has 0 saturated carbocycles. The third-order valence-corrected chi connectivity index (χ3v) is 4.67. The average Bonchev–Trinajstić information content (AvgIpc) is 3.39. The van der Waals surface area contributed by atoms with Crippen molar-refractivity contribution in [2.75, 3.05) is 0 Å². The van der Waals surface area contributed by atoms with Crippen LogP contribution in [0.4, 0.5) is 0 Å². The second kappa shape index (κ2) is 7.56. The maximum absolute atomic E-state index is 12.8. The Morgan fingerprint density at radius 3 is 2.38 bits per heavy atom. The molecule has 3 atom stereocenters. The number of benzene rings is 2. The first-order chi connectivity index (χ1) is 12.8. The molecule has 5 nitrogen and oxygen atoms in total. The van der Waals surface area contributed by atoms with Crippen molar-refractivity contribution in [1.82, 2.24) is 16.2 Å². The van der Waals surface area contributed by atoms with E-state index in [4.69, 9.17) is 4.42 Å². The van der Waals surface area contributed by atoms with Crippen LogP contribution in [0.25, 0.3) is 0 Å². The Morgan fingerprint density at radius 2 is 1.69 bits per heavy atom. The zero-order valence-corrected chi connectivity index (χ0v) is 14.3. The first-order valence-electron chi connectivity index (χ1n) is 8.76. The molecule has 3 aromatic rings.